The van der Waals surface area contributed by atoms with Gasteiger partial charge in [0.15, 0.2) is 5.13 Å². The van der Waals surface area contributed by atoms with Crippen LogP contribution in [0.5, 0.6) is 11.5 Å². The van der Waals surface area contributed by atoms with Crippen molar-refractivity contribution >= 4 is 61.4 Å². The fraction of sp³-hybridized carbons (Fsp3) is 0.581. The molecule has 342 valence electrons. The molecule has 5 N–H and O–H groups in total. The number of hydrogen-bond acceptors (Lipinski definition) is 12. The summed E-state index contributed by atoms with van der Waals surface area (Å²) in [6, 6.07) is 3.97. The largest absolute Gasteiger partial charge is 0.497 e. The van der Waals surface area contributed by atoms with Crippen LogP contribution in [0.4, 0.5) is 9.93 Å². The minimum absolute atomic E-state index is 0.0370. The molecule has 3 fully saturated rings. The highest BCUT2D eigenvalue weighted by Gasteiger charge is 2.61. The minimum Gasteiger partial charge on any atom is -0.497 e. The first-order chi connectivity index (χ1) is 30.0. The third-order valence-electron chi connectivity index (χ3n) is 12.3. The zero-order valence-corrected chi connectivity index (χ0v) is 38.3. The van der Waals surface area contributed by atoms with Gasteiger partial charge in [0.05, 0.1) is 24.9 Å². The predicted molar refractivity (Wildman–Crippen MR) is 239 cm³/mol. The van der Waals surface area contributed by atoms with E-state index in [0.29, 0.717) is 59.7 Å². The molecule has 1 aromatic carbocycles. The number of carbonyl (C=O) groups excluding carboxylic acids is 3. The smallest absolute Gasteiger partial charge is 0.330 e. The third kappa shape index (κ3) is 10.2. The number of aromatic nitrogens is 2. The highest BCUT2D eigenvalue weighted by atomic mass is 32.2. The van der Waals surface area contributed by atoms with Gasteiger partial charge in [-0.15, -0.1) is 11.3 Å². The molecule has 1 aliphatic carbocycles. The van der Waals surface area contributed by atoms with E-state index in [9.17, 15) is 32.7 Å². The molecular weight excluding hydrogens is 851 g/mol. The van der Waals surface area contributed by atoms with E-state index in [-0.39, 0.29) is 44.3 Å². The number of carboxylic acids is 1. The second-order valence-electron chi connectivity index (χ2n) is 17.6. The Bertz CT molecular complexity index is 2340. The maximum absolute atomic E-state index is 14.9. The van der Waals surface area contributed by atoms with Gasteiger partial charge in [-0.1, -0.05) is 38.8 Å². The number of pyridine rings is 1. The number of methoxy groups -OCH3 is 1. The van der Waals surface area contributed by atoms with Crippen molar-refractivity contribution in [1.82, 2.24) is 39.4 Å². The summed E-state index contributed by atoms with van der Waals surface area (Å²) in [4.78, 5) is 66.8. The van der Waals surface area contributed by atoms with Crippen molar-refractivity contribution in [3.63, 3.8) is 0 Å². The fourth-order valence-electron chi connectivity index (χ4n) is 8.44. The van der Waals surface area contributed by atoms with Crippen molar-refractivity contribution in [1.29, 1.82) is 0 Å². The Morgan fingerprint density at radius 3 is 2.57 bits per heavy atom. The van der Waals surface area contributed by atoms with Crippen LogP contribution in [0.3, 0.4) is 0 Å². The average molecular weight is 910 g/mol. The fourth-order valence-corrected chi connectivity index (χ4v) is 10.7. The molecule has 3 aliphatic heterocycles. The van der Waals surface area contributed by atoms with Crippen LogP contribution in [-0.2, 0) is 24.6 Å². The lowest BCUT2D eigenvalue weighted by molar-refractivity contribution is -0.145. The van der Waals surface area contributed by atoms with Gasteiger partial charge in [0.2, 0.25) is 11.8 Å². The van der Waals surface area contributed by atoms with Crippen LogP contribution >= 0.6 is 11.3 Å². The summed E-state index contributed by atoms with van der Waals surface area (Å²) >= 11 is 1.45. The number of anilines is 1. The molecule has 18 nitrogen and oxygen atoms in total. The molecule has 63 heavy (non-hydrogen) atoms. The number of fused-ring (bicyclic) bond motifs is 3. The first-order valence-corrected chi connectivity index (χ1v) is 24.0. The van der Waals surface area contributed by atoms with Crippen LogP contribution in [-0.4, -0.2) is 137 Å². The Hall–Kier alpha value is -5.05. The average Bonchev–Trinajstić information content (AvgIpc) is 3.46. The third-order valence-corrected chi connectivity index (χ3v) is 15.0. The second-order valence-corrected chi connectivity index (χ2v) is 20.5. The SMILES string of the molecule is COc1ccc2c(O[C@@H]3C[C@H]4C(=O)N[C@]5(C(=O)O)CC5C=CCCCCC[C@H](NC(=O)N[C@H](CN5CCN(C)S5(=O)=O)C(C)C)C(=O)N4C3)cc(-c3csc(NC(C)C)n3)nc2c1. The number of nitrogens with one attached hydrogen (secondary N) is 4. The zero-order valence-electron chi connectivity index (χ0n) is 36.6. The van der Waals surface area contributed by atoms with Gasteiger partial charge in [-0.2, -0.15) is 17.0 Å². The molecule has 2 saturated heterocycles. The Labute approximate surface area is 372 Å². The van der Waals surface area contributed by atoms with Crippen molar-refractivity contribution in [3.8, 4) is 22.9 Å². The van der Waals surface area contributed by atoms with E-state index in [2.05, 4.69) is 21.3 Å². The van der Waals surface area contributed by atoms with Gasteiger partial charge in [-0.05, 0) is 57.6 Å². The maximum atomic E-state index is 14.9. The minimum atomic E-state index is -3.66. The number of ether oxygens (including phenoxy) is 2. The molecule has 4 amide bonds. The molecule has 2 aromatic heterocycles. The summed E-state index contributed by atoms with van der Waals surface area (Å²) in [5.41, 5.74) is 0.241. The first-order valence-electron chi connectivity index (χ1n) is 21.7. The van der Waals surface area contributed by atoms with Gasteiger partial charge < -0.3 is 40.7 Å². The van der Waals surface area contributed by atoms with Crippen molar-refractivity contribution < 1.29 is 42.2 Å². The quantitative estimate of drug-likeness (QED) is 0.161. The Morgan fingerprint density at radius 1 is 1.08 bits per heavy atom. The number of likely N-dealkylation sites (N-methyl/N-ethyl adjacent to an activating group) is 1. The number of carboxylic acid groups (broad SMARTS) is 1. The molecule has 20 heteroatoms. The van der Waals surface area contributed by atoms with Crippen LogP contribution in [0.25, 0.3) is 22.3 Å². The number of aliphatic carboxylic acids is 1. The summed E-state index contributed by atoms with van der Waals surface area (Å²) < 4.78 is 40.6. The lowest BCUT2D eigenvalue weighted by Gasteiger charge is -2.31. The van der Waals surface area contributed by atoms with E-state index in [1.165, 1.54) is 31.9 Å². The molecule has 0 spiro atoms. The van der Waals surface area contributed by atoms with Crippen molar-refractivity contribution in [2.45, 2.75) is 108 Å². The van der Waals surface area contributed by atoms with Crippen molar-refractivity contribution in [3.05, 3.63) is 41.8 Å². The van der Waals surface area contributed by atoms with E-state index < -0.39 is 69.7 Å². The maximum Gasteiger partial charge on any atom is 0.330 e. The van der Waals surface area contributed by atoms with Crippen molar-refractivity contribution in [2.75, 3.05) is 45.7 Å². The highest BCUT2D eigenvalue weighted by molar-refractivity contribution is 7.87. The number of urea groups is 1. The standard InChI is InChI=1S/C43H59N9O9S2/c1-25(2)34(23-51-17-16-50(5)63(51,58)59)47-41(57)46-31-13-11-9-7-8-10-12-27-21-43(27,40(55)56)49-38(53)36-19-29(22-52(36)39(31)54)61-37-20-33(35-24-62-42(48-35)44-26(3)4)45-32-18-28(60-6)14-15-30(32)37/h10,12,14-15,18,20,24-27,29,31,34,36H,7-9,11,13,16-17,19,21-23H2,1-6H3,(H,44,48)(H,49,53)(H,55,56)(H2,46,47,57)/t27?,29-,31+,34-,36+,43-/m1/s1. The van der Waals surface area contributed by atoms with Crippen LogP contribution in [0.15, 0.2) is 41.8 Å². The van der Waals surface area contributed by atoms with Crippen LogP contribution < -0.4 is 30.7 Å². The number of amides is 4. The van der Waals surface area contributed by atoms with E-state index in [1.54, 1.807) is 25.3 Å². The monoisotopic (exact) mass is 909 g/mol. The van der Waals surface area contributed by atoms with Crippen LogP contribution in [0, 0.1) is 11.8 Å². The van der Waals surface area contributed by atoms with Gasteiger partial charge in [0.1, 0.15) is 40.9 Å². The Morgan fingerprint density at radius 2 is 1.87 bits per heavy atom. The number of thiazole rings is 1. The molecule has 6 atom stereocenters. The summed E-state index contributed by atoms with van der Waals surface area (Å²) in [7, 11) is -0.577. The highest BCUT2D eigenvalue weighted by Crippen LogP contribution is 2.45. The molecule has 0 bridgehead atoms. The topological polar surface area (TPSA) is 225 Å². The van der Waals surface area contributed by atoms with Gasteiger partial charge in [0.25, 0.3) is 10.2 Å². The lowest BCUT2D eigenvalue weighted by Crippen LogP contribution is -2.58. The number of rotatable bonds is 12. The molecule has 4 aliphatic rings. The molecule has 1 saturated carbocycles. The first kappa shape index (κ1) is 46.0. The van der Waals surface area contributed by atoms with Gasteiger partial charge in [0, 0.05) is 74.0 Å². The van der Waals surface area contributed by atoms with Gasteiger partial charge >= 0.3 is 12.0 Å². The Kier molecular flexibility index (Phi) is 13.8. The van der Waals surface area contributed by atoms with Crippen molar-refractivity contribution in [2.24, 2.45) is 11.8 Å². The molecular formula is C43H59N9O9S2. The normalized spacial score (nSPS) is 26.1. The van der Waals surface area contributed by atoms with E-state index in [0.717, 1.165) is 18.0 Å². The summed E-state index contributed by atoms with van der Waals surface area (Å²) in [5.74, 6) is -1.80. The molecule has 0 radical (unpaired) electrons. The Balaban J connectivity index is 1.18. The summed E-state index contributed by atoms with van der Waals surface area (Å²) in [6.07, 6.45) is 6.41. The summed E-state index contributed by atoms with van der Waals surface area (Å²) in [5, 5.41) is 25.6. The number of allylic oxidation sites excluding steroid dienone is 1. The van der Waals surface area contributed by atoms with Gasteiger partial charge in [-0.3, -0.25) is 9.59 Å². The predicted octanol–water partition coefficient (Wildman–Crippen LogP) is 4.20. The number of benzene rings is 1. The van der Waals surface area contributed by atoms with E-state index in [1.807, 2.05) is 51.3 Å². The van der Waals surface area contributed by atoms with E-state index in [4.69, 9.17) is 19.4 Å². The van der Waals surface area contributed by atoms with Crippen LogP contribution in [0.1, 0.15) is 72.6 Å². The summed E-state index contributed by atoms with van der Waals surface area (Å²) in [6.45, 7) is 8.46. The number of nitrogens with zero attached hydrogens (tertiary/aromatic N) is 5. The lowest BCUT2D eigenvalue weighted by atomic mass is 10.0. The second kappa shape index (κ2) is 19.0. The zero-order chi connectivity index (χ0) is 45.2. The molecule has 5 heterocycles. The number of carbonyl (C=O) groups is 4. The van der Waals surface area contributed by atoms with Crippen LogP contribution in [0.2, 0.25) is 0 Å². The molecule has 1 unspecified atom stereocenters. The number of hydrogen-bond donors (Lipinski definition) is 5. The van der Waals surface area contributed by atoms with Gasteiger partial charge in [-0.25, -0.2) is 19.6 Å². The van der Waals surface area contributed by atoms with E-state index >= 15 is 0 Å². The molecule has 7 rings (SSSR count). The molecule has 3 aromatic rings.